The van der Waals surface area contributed by atoms with Gasteiger partial charge in [-0.3, -0.25) is 14.2 Å². The third kappa shape index (κ3) is 4.62. The molecule has 0 radical (unpaired) electrons. The summed E-state index contributed by atoms with van der Waals surface area (Å²) in [5, 5.41) is 0.534. The molecule has 1 aliphatic heterocycles. The second-order valence-corrected chi connectivity index (χ2v) is 11.2. The zero-order chi connectivity index (χ0) is 24.6. The molecular weight excluding hydrogens is 464 g/mol. The van der Waals surface area contributed by atoms with Crippen LogP contribution in [-0.2, 0) is 34.2 Å². The molecule has 0 saturated carbocycles. The number of amides is 1. The maximum absolute atomic E-state index is 13.2. The summed E-state index contributed by atoms with van der Waals surface area (Å²) in [4.78, 5) is 32.2. The number of fused-ring (bicyclic) bond motifs is 2. The Morgan fingerprint density at radius 2 is 1.69 bits per heavy atom. The van der Waals surface area contributed by atoms with Crippen molar-refractivity contribution in [3.05, 3.63) is 69.8 Å². The molecule has 0 bridgehead atoms. The van der Waals surface area contributed by atoms with Gasteiger partial charge in [0.25, 0.3) is 5.56 Å². The van der Waals surface area contributed by atoms with Gasteiger partial charge in [0.05, 0.1) is 15.8 Å². The zero-order valence-electron chi connectivity index (χ0n) is 19.9. The van der Waals surface area contributed by atoms with E-state index in [9.17, 15) is 18.0 Å². The summed E-state index contributed by atoms with van der Waals surface area (Å²) < 4.78 is 29.5. The van der Waals surface area contributed by atoms with E-state index in [1.165, 1.54) is 14.4 Å². The molecule has 2 heterocycles. The number of aromatic nitrogens is 2. The number of para-hydroxylation sites is 1. The Morgan fingerprint density at radius 3 is 2.46 bits per heavy atom. The average Bonchev–Trinajstić information content (AvgIpc) is 2.88. The van der Waals surface area contributed by atoms with Crippen LogP contribution in [0.3, 0.4) is 0 Å². The molecule has 1 saturated heterocycles. The summed E-state index contributed by atoms with van der Waals surface area (Å²) in [7, 11) is -3.59. The molecule has 0 atom stereocenters. The standard InChI is InChI=1S/C26H30N4O4S/c1-19-27-24-9-5-4-8-23(24)26(32)30(19)13-12-25(31)28-14-16-29(17-15-28)35(33,34)22-11-10-20-6-2-3-7-21(20)18-22/h4-5,8-11,18H,2-3,6-7,12-17H2,1H3. The predicted molar refractivity (Wildman–Crippen MR) is 134 cm³/mol. The Labute approximate surface area is 205 Å². The molecule has 9 heteroatoms. The first-order valence-electron chi connectivity index (χ1n) is 12.2. The molecule has 0 unspecified atom stereocenters. The summed E-state index contributed by atoms with van der Waals surface area (Å²) >= 11 is 0. The Bertz CT molecular complexity index is 1440. The van der Waals surface area contributed by atoms with Gasteiger partial charge in [-0.1, -0.05) is 18.2 Å². The smallest absolute Gasteiger partial charge is 0.261 e. The fourth-order valence-electron chi connectivity index (χ4n) is 5.11. The van der Waals surface area contributed by atoms with Gasteiger partial charge in [-0.05, 0) is 68.0 Å². The Hall–Kier alpha value is -3.04. The Kier molecular flexibility index (Phi) is 6.46. The van der Waals surface area contributed by atoms with Gasteiger partial charge in [0.15, 0.2) is 0 Å². The van der Waals surface area contributed by atoms with Crippen molar-refractivity contribution in [1.82, 2.24) is 18.8 Å². The first-order valence-corrected chi connectivity index (χ1v) is 13.6. The highest BCUT2D eigenvalue weighted by Crippen LogP contribution is 2.26. The molecule has 2 aromatic carbocycles. The maximum atomic E-state index is 13.2. The van der Waals surface area contributed by atoms with E-state index in [4.69, 9.17) is 0 Å². The van der Waals surface area contributed by atoms with E-state index < -0.39 is 10.0 Å². The fourth-order valence-corrected chi connectivity index (χ4v) is 6.58. The summed E-state index contributed by atoms with van der Waals surface area (Å²) in [6.45, 7) is 3.22. The lowest BCUT2D eigenvalue weighted by molar-refractivity contribution is -0.132. The Balaban J connectivity index is 1.22. The molecule has 0 spiro atoms. The van der Waals surface area contributed by atoms with Crippen molar-refractivity contribution in [2.24, 2.45) is 0 Å². The van der Waals surface area contributed by atoms with Gasteiger partial charge in [0, 0.05) is 39.1 Å². The third-order valence-corrected chi connectivity index (χ3v) is 9.05. The number of hydrogen-bond acceptors (Lipinski definition) is 5. The van der Waals surface area contributed by atoms with E-state index in [1.807, 2.05) is 18.2 Å². The number of benzene rings is 2. The number of nitrogens with zero attached hydrogens (tertiary/aromatic N) is 4. The van der Waals surface area contributed by atoms with E-state index in [-0.39, 0.29) is 37.5 Å². The second kappa shape index (κ2) is 9.54. The number of aryl methyl sites for hydroxylation is 3. The molecule has 2 aliphatic rings. The number of sulfonamides is 1. The van der Waals surface area contributed by atoms with Crippen LogP contribution in [0.4, 0.5) is 0 Å². The van der Waals surface area contributed by atoms with Gasteiger partial charge in [-0.2, -0.15) is 4.31 Å². The van der Waals surface area contributed by atoms with Crippen LogP contribution in [-0.4, -0.2) is 59.3 Å². The highest BCUT2D eigenvalue weighted by molar-refractivity contribution is 7.89. The second-order valence-electron chi connectivity index (χ2n) is 9.31. The quantitative estimate of drug-likeness (QED) is 0.544. The SMILES string of the molecule is Cc1nc2ccccc2c(=O)n1CCC(=O)N1CCN(S(=O)(=O)c2ccc3c(c2)CCCC3)CC1. The van der Waals surface area contributed by atoms with Gasteiger partial charge in [0.1, 0.15) is 5.82 Å². The van der Waals surface area contributed by atoms with Crippen molar-refractivity contribution < 1.29 is 13.2 Å². The van der Waals surface area contributed by atoms with Crippen molar-refractivity contribution in [1.29, 1.82) is 0 Å². The van der Waals surface area contributed by atoms with Gasteiger partial charge in [-0.15, -0.1) is 0 Å². The van der Waals surface area contributed by atoms with E-state index in [0.29, 0.717) is 34.7 Å². The molecule has 8 nitrogen and oxygen atoms in total. The van der Waals surface area contributed by atoms with Crippen molar-refractivity contribution in [3.8, 4) is 0 Å². The lowest BCUT2D eigenvalue weighted by Gasteiger charge is -2.34. The minimum Gasteiger partial charge on any atom is -0.340 e. The number of hydrogen-bond donors (Lipinski definition) is 0. The van der Waals surface area contributed by atoms with Crippen LogP contribution in [0.15, 0.2) is 52.2 Å². The first-order chi connectivity index (χ1) is 16.8. The zero-order valence-corrected chi connectivity index (χ0v) is 20.8. The molecule has 0 N–H and O–H groups in total. The largest absolute Gasteiger partial charge is 0.340 e. The fraction of sp³-hybridized carbons (Fsp3) is 0.423. The summed E-state index contributed by atoms with van der Waals surface area (Å²) in [5.74, 6) is 0.484. The molecule has 3 aromatic rings. The first kappa shape index (κ1) is 23.7. The van der Waals surface area contributed by atoms with Crippen LogP contribution in [0.1, 0.15) is 36.2 Å². The Morgan fingerprint density at radius 1 is 0.971 bits per heavy atom. The summed E-state index contributed by atoms with van der Waals surface area (Å²) in [5.41, 5.74) is 2.89. The number of piperazine rings is 1. The number of carbonyl (C=O) groups excluding carboxylic acids is 1. The molecule has 184 valence electrons. The van der Waals surface area contributed by atoms with Gasteiger partial charge in [0.2, 0.25) is 15.9 Å². The van der Waals surface area contributed by atoms with Crippen LogP contribution >= 0.6 is 0 Å². The number of carbonyl (C=O) groups is 1. The van der Waals surface area contributed by atoms with Crippen molar-refractivity contribution >= 4 is 26.8 Å². The lowest BCUT2D eigenvalue weighted by Crippen LogP contribution is -2.50. The van der Waals surface area contributed by atoms with Gasteiger partial charge in [-0.25, -0.2) is 13.4 Å². The van der Waals surface area contributed by atoms with Gasteiger partial charge >= 0.3 is 0 Å². The monoisotopic (exact) mass is 494 g/mol. The molecule has 1 fully saturated rings. The van der Waals surface area contributed by atoms with E-state index >= 15 is 0 Å². The molecule has 1 aliphatic carbocycles. The van der Waals surface area contributed by atoms with Crippen LogP contribution < -0.4 is 5.56 Å². The highest BCUT2D eigenvalue weighted by atomic mass is 32.2. The average molecular weight is 495 g/mol. The third-order valence-electron chi connectivity index (χ3n) is 7.15. The van der Waals surface area contributed by atoms with Crippen LogP contribution in [0.25, 0.3) is 10.9 Å². The van der Waals surface area contributed by atoms with Crippen molar-refractivity contribution in [2.45, 2.75) is 50.5 Å². The molecule has 1 aromatic heterocycles. The summed E-state index contributed by atoms with van der Waals surface area (Å²) in [6, 6.07) is 12.7. The lowest BCUT2D eigenvalue weighted by atomic mass is 9.92. The van der Waals surface area contributed by atoms with Crippen molar-refractivity contribution in [2.75, 3.05) is 26.2 Å². The molecule has 1 amide bonds. The summed E-state index contributed by atoms with van der Waals surface area (Å²) in [6.07, 6.45) is 4.35. The maximum Gasteiger partial charge on any atom is 0.261 e. The van der Waals surface area contributed by atoms with Crippen LogP contribution in [0.5, 0.6) is 0 Å². The molecule has 5 rings (SSSR count). The predicted octanol–water partition coefficient (Wildman–Crippen LogP) is 2.51. The van der Waals surface area contributed by atoms with Crippen molar-refractivity contribution in [3.63, 3.8) is 0 Å². The topological polar surface area (TPSA) is 92.6 Å². The highest BCUT2D eigenvalue weighted by Gasteiger charge is 2.30. The number of rotatable bonds is 5. The normalized spacial score (nSPS) is 16.9. The van der Waals surface area contributed by atoms with Gasteiger partial charge < -0.3 is 4.90 Å². The minimum absolute atomic E-state index is 0.0877. The van der Waals surface area contributed by atoms with Crippen LogP contribution in [0.2, 0.25) is 0 Å². The molecular formula is C26H30N4O4S. The van der Waals surface area contributed by atoms with E-state index in [1.54, 1.807) is 36.1 Å². The molecule has 35 heavy (non-hydrogen) atoms. The van der Waals surface area contributed by atoms with Crippen LogP contribution in [0, 0.1) is 6.92 Å². The minimum atomic E-state index is -3.59. The van der Waals surface area contributed by atoms with E-state index in [0.717, 1.165) is 31.2 Å². The van der Waals surface area contributed by atoms with E-state index in [2.05, 4.69) is 4.98 Å².